The van der Waals surface area contributed by atoms with E-state index in [0.717, 1.165) is 66.9 Å². The van der Waals surface area contributed by atoms with Crippen LogP contribution in [-0.4, -0.2) is 52.6 Å². The predicted octanol–water partition coefficient (Wildman–Crippen LogP) is 5.15. The summed E-state index contributed by atoms with van der Waals surface area (Å²) >= 11 is 0. The highest BCUT2D eigenvalue weighted by molar-refractivity contribution is 7.93. The fourth-order valence-electron chi connectivity index (χ4n) is 5.44. The number of hydrogen-bond donors (Lipinski definition) is 0. The normalized spacial score (nSPS) is 18.4. The van der Waals surface area contributed by atoms with Gasteiger partial charge < -0.3 is 9.80 Å². The Hall–Kier alpha value is -2.57. The van der Waals surface area contributed by atoms with Crippen molar-refractivity contribution in [1.82, 2.24) is 4.90 Å². The van der Waals surface area contributed by atoms with Gasteiger partial charge >= 0.3 is 0 Å². The second-order valence-corrected chi connectivity index (χ2v) is 12.6. The van der Waals surface area contributed by atoms with Gasteiger partial charge in [0, 0.05) is 49.2 Å². The van der Waals surface area contributed by atoms with Crippen LogP contribution in [0.25, 0.3) is 10.8 Å². The molecule has 2 aliphatic heterocycles. The number of sulfonamides is 1. The molecule has 0 N–H and O–H groups in total. The number of hydrogen-bond acceptors (Lipinski definition) is 4. The van der Waals surface area contributed by atoms with Crippen LogP contribution < -0.4 is 9.21 Å². The SMILES string of the molecule is CC(C)(C)CN1CCCN(c2ccc3c4c(cccc24)S(=O)(=O)N3CCc2ccccc2)CC1. The molecule has 0 aromatic heterocycles. The number of nitrogens with zero attached hydrogens (tertiary/aromatic N) is 3. The number of rotatable bonds is 5. The van der Waals surface area contributed by atoms with Gasteiger partial charge in [-0.2, -0.15) is 0 Å². The lowest BCUT2D eigenvalue weighted by molar-refractivity contribution is 0.202. The molecule has 5 rings (SSSR count). The maximum Gasteiger partial charge on any atom is 0.265 e. The maximum atomic E-state index is 13.5. The second kappa shape index (κ2) is 8.90. The summed E-state index contributed by atoms with van der Waals surface area (Å²) in [6, 6.07) is 20.0. The van der Waals surface area contributed by atoms with Gasteiger partial charge in [0.2, 0.25) is 0 Å². The van der Waals surface area contributed by atoms with E-state index >= 15 is 0 Å². The van der Waals surface area contributed by atoms with E-state index in [9.17, 15) is 8.42 Å². The molecule has 0 unspecified atom stereocenters. The lowest BCUT2D eigenvalue weighted by Crippen LogP contribution is -2.36. The van der Waals surface area contributed by atoms with E-state index in [-0.39, 0.29) is 5.41 Å². The molecule has 0 spiro atoms. The predicted molar refractivity (Wildman–Crippen MR) is 141 cm³/mol. The molecule has 0 atom stereocenters. The van der Waals surface area contributed by atoms with Crippen molar-refractivity contribution >= 4 is 32.2 Å². The fourth-order valence-corrected chi connectivity index (χ4v) is 7.15. The first-order chi connectivity index (χ1) is 16.2. The molecule has 5 nitrogen and oxygen atoms in total. The van der Waals surface area contributed by atoms with Crippen molar-refractivity contribution in [2.75, 3.05) is 48.5 Å². The van der Waals surface area contributed by atoms with Crippen molar-refractivity contribution in [3.8, 4) is 0 Å². The van der Waals surface area contributed by atoms with Crippen LogP contribution in [0.1, 0.15) is 32.8 Å². The van der Waals surface area contributed by atoms with Gasteiger partial charge in [0.1, 0.15) is 0 Å². The highest BCUT2D eigenvalue weighted by Crippen LogP contribution is 2.45. The van der Waals surface area contributed by atoms with Crippen molar-refractivity contribution in [1.29, 1.82) is 0 Å². The zero-order valence-electron chi connectivity index (χ0n) is 20.5. The molecule has 0 radical (unpaired) electrons. The summed E-state index contributed by atoms with van der Waals surface area (Å²) in [6.07, 6.45) is 1.80. The van der Waals surface area contributed by atoms with Crippen molar-refractivity contribution in [3.05, 3.63) is 66.2 Å². The van der Waals surface area contributed by atoms with Crippen molar-refractivity contribution in [2.45, 2.75) is 38.5 Å². The van der Waals surface area contributed by atoms with E-state index in [4.69, 9.17) is 0 Å². The molecule has 1 fully saturated rings. The molecular weight excluding hydrogens is 442 g/mol. The monoisotopic (exact) mass is 477 g/mol. The van der Waals surface area contributed by atoms with Gasteiger partial charge in [-0.3, -0.25) is 4.31 Å². The average Bonchev–Trinajstić information content (AvgIpc) is 2.92. The summed E-state index contributed by atoms with van der Waals surface area (Å²) in [5.41, 5.74) is 3.40. The molecule has 0 aliphatic carbocycles. The van der Waals surface area contributed by atoms with Gasteiger partial charge in [-0.25, -0.2) is 8.42 Å². The highest BCUT2D eigenvalue weighted by Gasteiger charge is 2.36. The summed E-state index contributed by atoms with van der Waals surface area (Å²) in [5.74, 6) is 0. The molecular formula is C28H35N3O2S. The minimum absolute atomic E-state index is 0.286. The molecule has 1 saturated heterocycles. The van der Waals surface area contributed by atoms with Crippen LogP contribution in [0.3, 0.4) is 0 Å². The zero-order chi connectivity index (χ0) is 23.9. The Bertz CT molecular complexity index is 1280. The molecule has 3 aromatic carbocycles. The highest BCUT2D eigenvalue weighted by atomic mass is 32.2. The summed E-state index contributed by atoms with van der Waals surface area (Å²) in [5, 5.41) is 1.92. The van der Waals surface area contributed by atoms with Gasteiger partial charge in [-0.1, -0.05) is 63.2 Å². The molecule has 2 aliphatic rings. The zero-order valence-corrected chi connectivity index (χ0v) is 21.3. The first-order valence-electron chi connectivity index (χ1n) is 12.3. The summed E-state index contributed by atoms with van der Waals surface area (Å²) in [7, 11) is -3.55. The first-order valence-corrected chi connectivity index (χ1v) is 13.8. The quantitative estimate of drug-likeness (QED) is 0.510. The Morgan fingerprint density at radius 1 is 0.824 bits per heavy atom. The van der Waals surface area contributed by atoms with Crippen molar-refractivity contribution in [3.63, 3.8) is 0 Å². The molecule has 34 heavy (non-hydrogen) atoms. The summed E-state index contributed by atoms with van der Waals surface area (Å²) < 4.78 is 28.6. The van der Waals surface area contributed by atoms with Crippen LogP contribution in [0.2, 0.25) is 0 Å². The molecule has 3 aromatic rings. The molecule has 0 saturated carbocycles. The maximum absolute atomic E-state index is 13.5. The average molecular weight is 478 g/mol. The van der Waals surface area contributed by atoms with Crippen LogP contribution >= 0.6 is 0 Å². The Balaban J connectivity index is 1.45. The molecule has 180 valence electrons. The van der Waals surface area contributed by atoms with Crippen LogP contribution in [0.5, 0.6) is 0 Å². The van der Waals surface area contributed by atoms with E-state index in [1.807, 2.05) is 30.3 Å². The Kier molecular flexibility index (Phi) is 6.07. The van der Waals surface area contributed by atoms with E-state index < -0.39 is 10.0 Å². The topological polar surface area (TPSA) is 43.9 Å². The third kappa shape index (κ3) is 4.41. The van der Waals surface area contributed by atoms with E-state index in [0.29, 0.717) is 17.9 Å². The minimum Gasteiger partial charge on any atom is -0.370 e. The van der Waals surface area contributed by atoms with Gasteiger partial charge in [0.25, 0.3) is 10.0 Å². The van der Waals surface area contributed by atoms with Crippen LogP contribution in [0, 0.1) is 5.41 Å². The molecule has 0 bridgehead atoms. The number of anilines is 2. The smallest absolute Gasteiger partial charge is 0.265 e. The van der Waals surface area contributed by atoms with Gasteiger partial charge in [-0.15, -0.1) is 0 Å². The Morgan fingerprint density at radius 2 is 1.59 bits per heavy atom. The van der Waals surface area contributed by atoms with Crippen molar-refractivity contribution < 1.29 is 8.42 Å². The first kappa shape index (κ1) is 23.2. The fraction of sp³-hybridized carbons (Fsp3) is 0.429. The van der Waals surface area contributed by atoms with Crippen LogP contribution in [0.15, 0.2) is 65.6 Å². The van der Waals surface area contributed by atoms with Gasteiger partial charge in [-0.05, 0) is 48.6 Å². The van der Waals surface area contributed by atoms with Crippen LogP contribution in [0.4, 0.5) is 11.4 Å². The lowest BCUT2D eigenvalue weighted by atomic mass is 9.96. The summed E-state index contributed by atoms with van der Waals surface area (Å²) in [4.78, 5) is 5.46. The van der Waals surface area contributed by atoms with Gasteiger partial charge in [0.05, 0.1) is 10.6 Å². The van der Waals surface area contributed by atoms with Gasteiger partial charge in [0.15, 0.2) is 0 Å². The van der Waals surface area contributed by atoms with E-state index in [1.165, 1.54) is 0 Å². The Labute approximate surface area is 204 Å². The molecule has 2 heterocycles. The van der Waals surface area contributed by atoms with E-state index in [2.05, 4.69) is 54.8 Å². The van der Waals surface area contributed by atoms with E-state index in [1.54, 1.807) is 10.4 Å². The minimum atomic E-state index is -3.55. The second-order valence-electron chi connectivity index (χ2n) is 10.8. The third-order valence-electron chi connectivity index (χ3n) is 6.87. The number of benzene rings is 3. The molecule has 6 heteroatoms. The molecule has 0 amide bonds. The third-order valence-corrected chi connectivity index (χ3v) is 8.72. The lowest BCUT2D eigenvalue weighted by Gasteiger charge is -2.29. The van der Waals surface area contributed by atoms with Crippen LogP contribution in [-0.2, 0) is 16.4 Å². The Morgan fingerprint density at radius 3 is 2.35 bits per heavy atom. The standard InChI is InChI=1S/C28H35N3O2S/c1-28(2,3)21-29-16-8-17-30(20-19-29)24-13-14-25-27-23(24)11-7-12-26(27)34(32,33)31(25)18-15-22-9-5-4-6-10-22/h4-7,9-14H,8,15-21H2,1-3H3. The van der Waals surface area contributed by atoms with Crippen molar-refractivity contribution in [2.24, 2.45) is 5.41 Å². The largest absolute Gasteiger partial charge is 0.370 e. The summed E-state index contributed by atoms with van der Waals surface area (Å²) in [6.45, 7) is 12.5.